The van der Waals surface area contributed by atoms with Gasteiger partial charge in [-0.25, -0.2) is 0 Å². The summed E-state index contributed by atoms with van der Waals surface area (Å²) in [5, 5.41) is 3.74. The molecule has 0 aliphatic heterocycles. The molecule has 2 aromatic rings. The lowest BCUT2D eigenvalue weighted by Gasteiger charge is -2.04. The Morgan fingerprint density at radius 2 is 2.29 bits per heavy atom. The first-order valence-corrected chi connectivity index (χ1v) is 5.98. The average molecular weight is 253 g/mol. The van der Waals surface area contributed by atoms with Crippen molar-refractivity contribution in [1.29, 1.82) is 0 Å². The number of alkyl halides is 1. The van der Waals surface area contributed by atoms with Crippen LogP contribution in [0.3, 0.4) is 0 Å². The lowest BCUT2D eigenvalue weighted by Crippen LogP contribution is -1.94. The number of benzene rings is 1. The Balaban J connectivity index is 2.20. The number of nitrogens with zero attached hydrogens (tertiary/aromatic N) is 2. The molecule has 1 aromatic heterocycles. The van der Waals surface area contributed by atoms with Crippen molar-refractivity contribution in [1.82, 2.24) is 10.1 Å². The second-order valence-electron chi connectivity index (χ2n) is 3.53. The largest absolute Gasteiger partial charge is 0.494 e. The van der Waals surface area contributed by atoms with E-state index in [4.69, 9.17) is 20.9 Å². The summed E-state index contributed by atoms with van der Waals surface area (Å²) < 4.78 is 10.6. The van der Waals surface area contributed by atoms with Gasteiger partial charge in [-0.05, 0) is 24.6 Å². The van der Waals surface area contributed by atoms with E-state index in [9.17, 15) is 0 Å². The summed E-state index contributed by atoms with van der Waals surface area (Å²) in [7, 11) is 0. The van der Waals surface area contributed by atoms with E-state index in [1.807, 2.05) is 24.3 Å². The second-order valence-corrected chi connectivity index (χ2v) is 3.79. The Hall–Kier alpha value is -1.55. The van der Waals surface area contributed by atoms with E-state index < -0.39 is 0 Å². The maximum atomic E-state index is 5.62. The van der Waals surface area contributed by atoms with Crippen LogP contribution < -0.4 is 4.74 Å². The van der Waals surface area contributed by atoms with Gasteiger partial charge in [-0.2, -0.15) is 4.98 Å². The Bertz CT molecular complexity index is 485. The van der Waals surface area contributed by atoms with E-state index in [-0.39, 0.29) is 5.88 Å². The molecule has 0 unspecified atom stereocenters. The Morgan fingerprint density at radius 3 is 3.00 bits per heavy atom. The molecule has 0 atom stereocenters. The molecule has 0 radical (unpaired) electrons. The molecule has 1 heterocycles. The summed E-state index contributed by atoms with van der Waals surface area (Å²) in [4.78, 5) is 4.16. The van der Waals surface area contributed by atoms with E-state index in [0.29, 0.717) is 18.3 Å². The minimum atomic E-state index is 0.246. The van der Waals surface area contributed by atoms with Gasteiger partial charge in [0, 0.05) is 5.56 Å². The van der Waals surface area contributed by atoms with Crippen LogP contribution >= 0.6 is 11.6 Å². The third-order valence-electron chi connectivity index (χ3n) is 2.14. The van der Waals surface area contributed by atoms with Crippen molar-refractivity contribution < 1.29 is 9.26 Å². The van der Waals surface area contributed by atoms with E-state index in [1.165, 1.54) is 0 Å². The summed E-state index contributed by atoms with van der Waals surface area (Å²) in [6, 6.07) is 7.56. The van der Waals surface area contributed by atoms with Gasteiger partial charge in [-0.15, -0.1) is 11.6 Å². The van der Waals surface area contributed by atoms with Crippen LogP contribution in [0.5, 0.6) is 5.75 Å². The smallest absolute Gasteiger partial charge is 0.258 e. The van der Waals surface area contributed by atoms with Crippen LogP contribution in [0.2, 0.25) is 0 Å². The molecule has 1 aromatic carbocycles. The SMILES string of the molecule is CCCOc1cccc(-c2nc(CCl)no2)c1. The van der Waals surface area contributed by atoms with Crippen LogP contribution in [0.4, 0.5) is 0 Å². The van der Waals surface area contributed by atoms with E-state index in [0.717, 1.165) is 17.7 Å². The summed E-state index contributed by atoms with van der Waals surface area (Å²) in [6.07, 6.45) is 0.973. The molecule has 4 nitrogen and oxygen atoms in total. The third kappa shape index (κ3) is 2.97. The molecule has 2 rings (SSSR count). The molecule has 17 heavy (non-hydrogen) atoms. The van der Waals surface area contributed by atoms with Gasteiger partial charge in [-0.3, -0.25) is 0 Å². The topological polar surface area (TPSA) is 48.2 Å². The number of hydrogen-bond donors (Lipinski definition) is 0. The summed E-state index contributed by atoms with van der Waals surface area (Å²) >= 11 is 5.62. The number of rotatable bonds is 5. The molecular weight excluding hydrogens is 240 g/mol. The zero-order chi connectivity index (χ0) is 12.1. The predicted octanol–water partition coefficient (Wildman–Crippen LogP) is 3.26. The average Bonchev–Trinajstić information content (AvgIpc) is 2.85. The van der Waals surface area contributed by atoms with Gasteiger partial charge >= 0.3 is 0 Å². The van der Waals surface area contributed by atoms with Crippen molar-refractivity contribution >= 4 is 11.6 Å². The van der Waals surface area contributed by atoms with Crippen molar-refractivity contribution in [2.45, 2.75) is 19.2 Å². The highest BCUT2D eigenvalue weighted by molar-refractivity contribution is 6.16. The number of halogens is 1. The number of aromatic nitrogens is 2. The zero-order valence-electron chi connectivity index (χ0n) is 9.52. The van der Waals surface area contributed by atoms with Crippen LogP contribution in [0.25, 0.3) is 11.5 Å². The molecule has 90 valence electrons. The molecule has 5 heteroatoms. The van der Waals surface area contributed by atoms with Gasteiger partial charge in [0.1, 0.15) is 5.75 Å². The van der Waals surface area contributed by atoms with Gasteiger partial charge < -0.3 is 9.26 Å². The molecule has 0 aliphatic carbocycles. The van der Waals surface area contributed by atoms with Gasteiger partial charge in [-0.1, -0.05) is 18.1 Å². The number of hydrogen-bond acceptors (Lipinski definition) is 4. The maximum absolute atomic E-state index is 5.62. The van der Waals surface area contributed by atoms with E-state index >= 15 is 0 Å². The van der Waals surface area contributed by atoms with Crippen LogP contribution in [-0.2, 0) is 5.88 Å². The molecule has 0 saturated heterocycles. The highest BCUT2D eigenvalue weighted by Crippen LogP contribution is 2.22. The fourth-order valence-electron chi connectivity index (χ4n) is 1.36. The Kier molecular flexibility index (Phi) is 3.98. The molecule has 0 fully saturated rings. The van der Waals surface area contributed by atoms with Gasteiger partial charge in [0.05, 0.1) is 12.5 Å². The normalized spacial score (nSPS) is 10.5. The summed E-state index contributed by atoms with van der Waals surface area (Å²) in [6.45, 7) is 2.76. The Morgan fingerprint density at radius 1 is 1.41 bits per heavy atom. The third-order valence-corrected chi connectivity index (χ3v) is 2.38. The Labute approximate surface area is 105 Å². The monoisotopic (exact) mass is 252 g/mol. The molecule has 0 saturated carbocycles. The zero-order valence-corrected chi connectivity index (χ0v) is 10.3. The van der Waals surface area contributed by atoms with Gasteiger partial charge in [0.15, 0.2) is 5.82 Å². The molecule has 0 aliphatic rings. The fraction of sp³-hybridized carbons (Fsp3) is 0.333. The van der Waals surface area contributed by atoms with Crippen LogP contribution in [0, 0.1) is 0 Å². The lowest BCUT2D eigenvalue weighted by molar-refractivity contribution is 0.317. The van der Waals surface area contributed by atoms with Crippen molar-refractivity contribution in [2.24, 2.45) is 0 Å². The molecule has 0 bridgehead atoms. The molecular formula is C12H13ClN2O2. The standard InChI is InChI=1S/C12H13ClN2O2/c1-2-6-16-10-5-3-4-9(7-10)12-14-11(8-13)15-17-12/h3-5,7H,2,6,8H2,1H3. The maximum Gasteiger partial charge on any atom is 0.258 e. The lowest BCUT2D eigenvalue weighted by atomic mass is 10.2. The van der Waals surface area contributed by atoms with E-state index in [2.05, 4.69) is 17.1 Å². The van der Waals surface area contributed by atoms with Crippen molar-refractivity contribution in [3.63, 3.8) is 0 Å². The van der Waals surface area contributed by atoms with Gasteiger partial charge in [0.25, 0.3) is 5.89 Å². The van der Waals surface area contributed by atoms with Crippen molar-refractivity contribution in [3.05, 3.63) is 30.1 Å². The highest BCUT2D eigenvalue weighted by atomic mass is 35.5. The second kappa shape index (κ2) is 5.68. The van der Waals surface area contributed by atoms with Gasteiger partial charge in [0.2, 0.25) is 0 Å². The summed E-state index contributed by atoms with van der Waals surface area (Å²) in [5.41, 5.74) is 0.836. The van der Waals surface area contributed by atoms with Crippen molar-refractivity contribution in [3.8, 4) is 17.2 Å². The minimum absolute atomic E-state index is 0.246. The first-order chi connectivity index (χ1) is 8.33. The quantitative estimate of drug-likeness (QED) is 0.767. The van der Waals surface area contributed by atoms with Crippen LogP contribution in [0.15, 0.2) is 28.8 Å². The summed E-state index contributed by atoms with van der Waals surface area (Å²) in [5.74, 6) is 1.99. The molecule has 0 spiro atoms. The van der Waals surface area contributed by atoms with Crippen LogP contribution in [0.1, 0.15) is 19.2 Å². The van der Waals surface area contributed by atoms with E-state index in [1.54, 1.807) is 0 Å². The predicted molar refractivity (Wildman–Crippen MR) is 65.1 cm³/mol. The van der Waals surface area contributed by atoms with Crippen LogP contribution in [-0.4, -0.2) is 16.7 Å². The first-order valence-electron chi connectivity index (χ1n) is 5.45. The molecule has 0 N–H and O–H groups in total. The highest BCUT2D eigenvalue weighted by Gasteiger charge is 2.08. The number of ether oxygens (including phenoxy) is 1. The fourth-order valence-corrected chi connectivity index (χ4v) is 1.47. The minimum Gasteiger partial charge on any atom is -0.494 e. The first kappa shape index (κ1) is 11.9. The molecule has 0 amide bonds. The van der Waals surface area contributed by atoms with Crippen molar-refractivity contribution in [2.75, 3.05) is 6.61 Å².